The molecule has 0 bridgehead atoms. The van der Waals surface area contributed by atoms with Gasteiger partial charge >= 0.3 is 6.09 Å². The van der Waals surface area contributed by atoms with Crippen LogP contribution in [0.1, 0.15) is 30.1 Å². The van der Waals surface area contributed by atoms with E-state index in [0.717, 1.165) is 24.0 Å². The largest absolute Gasteiger partial charge is 0.415 e. The summed E-state index contributed by atoms with van der Waals surface area (Å²) in [6.07, 6.45) is 2.62. The summed E-state index contributed by atoms with van der Waals surface area (Å²) in [5, 5.41) is 9.84. The topological polar surface area (TPSA) is 49.8 Å². The molecule has 1 fully saturated rings. The molecule has 1 N–H and O–H groups in total. The number of aliphatic hydroxyl groups is 1. The van der Waals surface area contributed by atoms with E-state index in [1.807, 2.05) is 24.3 Å². The summed E-state index contributed by atoms with van der Waals surface area (Å²) >= 11 is 0. The zero-order valence-electron chi connectivity index (χ0n) is 10.2. The molecule has 18 heavy (non-hydrogen) atoms. The molecule has 1 aromatic carbocycles. The van der Waals surface area contributed by atoms with Crippen LogP contribution in [0.5, 0.6) is 0 Å². The molecule has 1 amide bonds. The van der Waals surface area contributed by atoms with Crippen LogP contribution in [0.3, 0.4) is 0 Å². The van der Waals surface area contributed by atoms with Crippen molar-refractivity contribution in [1.82, 2.24) is 4.90 Å². The summed E-state index contributed by atoms with van der Waals surface area (Å²) in [6.45, 7) is 0. The normalized spacial score (nSPS) is 21.2. The summed E-state index contributed by atoms with van der Waals surface area (Å²) in [4.78, 5) is 13.5. The van der Waals surface area contributed by atoms with E-state index in [-0.39, 0.29) is 6.09 Å². The number of benzene rings is 1. The lowest BCUT2D eigenvalue weighted by molar-refractivity contribution is 0.151. The van der Waals surface area contributed by atoms with E-state index in [2.05, 4.69) is 0 Å². The third kappa shape index (κ3) is 1.88. The fraction of sp³-hybridized carbons (Fsp3) is 0.357. The monoisotopic (exact) mass is 245 g/mol. The number of hydrogen-bond donors (Lipinski definition) is 1. The van der Waals surface area contributed by atoms with E-state index in [1.54, 1.807) is 18.0 Å². The molecule has 2 aliphatic rings. The van der Waals surface area contributed by atoms with Crippen LogP contribution in [0, 0.1) is 0 Å². The highest BCUT2D eigenvalue weighted by Gasteiger charge is 2.32. The quantitative estimate of drug-likeness (QED) is 0.869. The van der Waals surface area contributed by atoms with E-state index in [4.69, 9.17) is 4.74 Å². The number of ether oxygens (including phenoxy) is 1. The molecule has 0 heterocycles. The van der Waals surface area contributed by atoms with Crippen LogP contribution in [-0.4, -0.2) is 29.2 Å². The number of aliphatic hydroxyl groups excluding tert-OH is 1. The van der Waals surface area contributed by atoms with Gasteiger partial charge in [-0.1, -0.05) is 24.3 Å². The smallest absolute Gasteiger partial charge is 0.410 e. The fourth-order valence-electron chi connectivity index (χ4n) is 2.17. The number of hydrogen-bond acceptors (Lipinski definition) is 3. The van der Waals surface area contributed by atoms with Gasteiger partial charge in [-0.3, -0.25) is 0 Å². The number of nitrogens with zero attached hydrogens (tertiary/aromatic N) is 1. The van der Waals surface area contributed by atoms with Crippen LogP contribution in [0.4, 0.5) is 4.79 Å². The van der Waals surface area contributed by atoms with Gasteiger partial charge in [-0.25, -0.2) is 4.79 Å². The highest BCUT2D eigenvalue weighted by atomic mass is 16.6. The first-order valence-corrected chi connectivity index (χ1v) is 6.10. The number of amides is 1. The van der Waals surface area contributed by atoms with Crippen LogP contribution in [-0.2, 0) is 4.74 Å². The van der Waals surface area contributed by atoms with Crippen molar-refractivity contribution in [3.63, 3.8) is 0 Å². The highest BCUT2D eigenvalue weighted by molar-refractivity contribution is 5.80. The molecule has 1 unspecified atom stereocenters. The Morgan fingerprint density at radius 3 is 2.83 bits per heavy atom. The third-order valence-electron chi connectivity index (χ3n) is 3.43. The van der Waals surface area contributed by atoms with Gasteiger partial charge in [0.1, 0.15) is 11.9 Å². The Morgan fingerprint density at radius 1 is 1.39 bits per heavy atom. The number of rotatable bonds is 2. The summed E-state index contributed by atoms with van der Waals surface area (Å²) in [6, 6.07) is 7.73. The van der Waals surface area contributed by atoms with Crippen molar-refractivity contribution in [2.45, 2.75) is 25.0 Å². The van der Waals surface area contributed by atoms with Crippen molar-refractivity contribution in [3.05, 3.63) is 41.5 Å². The molecule has 94 valence electrons. The average molecular weight is 245 g/mol. The molecule has 0 spiro atoms. The van der Waals surface area contributed by atoms with Crippen molar-refractivity contribution >= 4 is 11.9 Å². The molecule has 0 aliphatic heterocycles. The van der Waals surface area contributed by atoms with Crippen LogP contribution in [0.2, 0.25) is 0 Å². The van der Waals surface area contributed by atoms with Crippen molar-refractivity contribution in [2.75, 3.05) is 7.05 Å². The lowest BCUT2D eigenvalue weighted by atomic mass is 10.1. The zero-order chi connectivity index (χ0) is 12.7. The predicted molar refractivity (Wildman–Crippen MR) is 66.6 cm³/mol. The second-order valence-electron chi connectivity index (χ2n) is 4.77. The average Bonchev–Trinajstić information content (AvgIpc) is 3.17. The SMILES string of the molecule is CN(C(=O)OC1=CC(O)c2ccccc21)C1CC1. The Balaban J connectivity index is 1.78. The molecular weight excluding hydrogens is 230 g/mol. The number of carbonyl (C=O) groups is 1. The van der Waals surface area contributed by atoms with Gasteiger partial charge in [-0.05, 0) is 24.5 Å². The van der Waals surface area contributed by atoms with Gasteiger partial charge in [0.15, 0.2) is 0 Å². The Bertz CT molecular complexity index is 520. The minimum Gasteiger partial charge on any atom is -0.410 e. The second kappa shape index (κ2) is 4.14. The van der Waals surface area contributed by atoms with Crippen LogP contribution >= 0.6 is 0 Å². The molecule has 4 nitrogen and oxygen atoms in total. The molecule has 4 heteroatoms. The summed E-state index contributed by atoms with van der Waals surface area (Å²) < 4.78 is 5.36. The fourth-order valence-corrected chi connectivity index (χ4v) is 2.17. The van der Waals surface area contributed by atoms with Crippen molar-refractivity contribution < 1.29 is 14.6 Å². The lowest BCUT2D eigenvalue weighted by Gasteiger charge is -2.16. The molecule has 0 radical (unpaired) electrons. The minimum atomic E-state index is -0.685. The summed E-state index contributed by atoms with van der Waals surface area (Å²) in [5.41, 5.74) is 1.58. The second-order valence-corrected chi connectivity index (χ2v) is 4.77. The van der Waals surface area contributed by atoms with Crippen LogP contribution in [0.25, 0.3) is 5.76 Å². The van der Waals surface area contributed by atoms with Gasteiger partial charge < -0.3 is 14.7 Å². The third-order valence-corrected chi connectivity index (χ3v) is 3.43. The molecule has 3 rings (SSSR count). The van der Waals surface area contributed by atoms with E-state index in [0.29, 0.717) is 11.8 Å². The molecule has 1 saturated carbocycles. The molecule has 1 atom stereocenters. The first kappa shape index (κ1) is 11.3. The van der Waals surface area contributed by atoms with Gasteiger partial charge in [0.05, 0.1) is 0 Å². The highest BCUT2D eigenvalue weighted by Crippen LogP contribution is 2.35. The first-order valence-electron chi connectivity index (χ1n) is 6.10. The molecule has 1 aromatic rings. The Labute approximate surface area is 105 Å². The van der Waals surface area contributed by atoms with Crippen molar-refractivity contribution in [1.29, 1.82) is 0 Å². The standard InChI is InChI=1S/C14H15NO3/c1-15(9-6-7-9)14(17)18-13-8-12(16)10-4-2-3-5-11(10)13/h2-5,8-9,12,16H,6-7H2,1H3. The zero-order valence-corrected chi connectivity index (χ0v) is 10.2. The molecule has 0 saturated heterocycles. The Kier molecular flexibility index (Phi) is 2.59. The molecule has 2 aliphatic carbocycles. The Morgan fingerprint density at radius 2 is 2.11 bits per heavy atom. The van der Waals surface area contributed by atoms with Gasteiger partial charge in [-0.2, -0.15) is 0 Å². The van der Waals surface area contributed by atoms with Gasteiger partial charge in [0.2, 0.25) is 0 Å². The van der Waals surface area contributed by atoms with Crippen molar-refractivity contribution in [3.8, 4) is 0 Å². The number of fused-ring (bicyclic) bond motifs is 1. The lowest BCUT2D eigenvalue weighted by Crippen LogP contribution is -2.28. The summed E-state index contributed by atoms with van der Waals surface area (Å²) in [5.74, 6) is 0.454. The first-order chi connectivity index (χ1) is 8.66. The van der Waals surface area contributed by atoms with Crippen LogP contribution in [0.15, 0.2) is 30.3 Å². The number of carbonyl (C=O) groups excluding carboxylic acids is 1. The van der Waals surface area contributed by atoms with E-state index < -0.39 is 6.10 Å². The maximum atomic E-state index is 11.9. The van der Waals surface area contributed by atoms with E-state index in [9.17, 15) is 9.90 Å². The van der Waals surface area contributed by atoms with Gasteiger partial charge in [0, 0.05) is 18.7 Å². The molecular formula is C14H15NO3. The molecule has 0 aromatic heterocycles. The van der Waals surface area contributed by atoms with E-state index >= 15 is 0 Å². The van der Waals surface area contributed by atoms with Crippen molar-refractivity contribution in [2.24, 2.45) is 0 Å². The van der Waals surface area contributed by atoms with Crippen LogP contribution < -0.4 is 0 Å². The maximum absolute atomic E-state index is 11.9. The minimum absolute atomic E-state index is 0.319. The van der Waals surface area contributed by atoms with E-state index in [1.165, 1.54) is 0 Å². The summed E-state index contributed by atoms with van der Waals surface area (Å²) in [7, 11) is 1.75. The maximum Gasteiger partial charge on any atom is 0.415 e. The predicted octanol–water partition coefficient (Wildman–Crippen LogP) is 2.31. The van der Waals surface area contributed by atoms with Gasteiger partial charge in [-0.15, -0.1) is 0 Å². The Hall–Kier alpha value is -1.81. The van der Waals surface area contributed by atoms with Gasteiger partial charge in [0.25, 0.3) is 0 Å².